The number of alkyl carbamates (subject to hydrolysis) is 1. The van der Waals surface area contributed by atoms with Crippen LogP contribution in [0.15, 0.2) is 84.5 Å². The van der Waals surface area contributed by atoms with E-state index in [1.54, 1.807) is 20.3 Å². The zero-order chi connectivity index (χ0) is 47.8. The molecule has 14 nitrogen and oxygen atoms in total. The fraction of sp³-hybridized carbons (Fsp3) is 0.500. The number of aromatic nitrogens is 1. The Morgan fingerprint density at radius 2 is 1.74 bits per heavy atom. The first kappa shape index (κ1) is 45.9. The molecule has 9 atom stereocenters. The van der Waals surface area contributed by atoms with Crippen LogP contribution in [-0.4, -0.2) is 129 Å². The van der Waals surface area contributed by atoms with Gasteiger partial charge in [0.25, 0.3) is 0 Å². The SMILES string of the molecule is CCC1=C[C@@H]2CN(CCc3c([nH]c4ccccc34)[C@@](C(=O)OC)(c3cc4c(cc3OC)N(C)[C@H]3[C@@](O)(CNC(=O)OCc5ccccc5OC)[C@H](OC(C)=O)[C@]5(CC)C=CCN6CC[C@]43[C@@H]65)C2)C1. The molecule has 14 heteroatoms. The third-order valence-corrected chi connectivity index (χ3v) is 16.7. The standard InChI is InChI=1S/C54H65N5O9/c1-8-34-25-35-28-53(49(61)66-7,45-38(19-23-58(29-34)30-35)37-16-11-12-17-41(37)56-45)40-26-39-42(27-44(40)65-6)57(4)47-52(39)21-24-59-22-14-20-51(9-2,46(52)59)48(68-33(3)60)54(47,63)32-55-50(62)67-31-36-15-10-13-18-43(36)64-5/h10-18,20,25-27,35,46-48,56,63H,8-9,19,21-24,28-32H2,1-7H3,(H,55,62)/t35-,46-,47+,48+,51+,52+,53-,54-/m0/s1. The number of hydrogen-bond donors (Lipinski definition) is 3. The van der Waals surface area contributed by atoms with Crippen molar-refractivity contribution in [1.29, 1.82) is 0 Å². The Kier molecular flexibility index (Phi) is 11.7. The number of carbonyl (C=O) groups is 3. The van der Waals surface area contributed by atoms with Crippen LogP contribution in [0.2, 0.25) is 0 Å². The third kappa shape index (κ3) is 6.71. The summed E-state index contributed by atoms with van der Waals surface area (Å²) in [5, 5.41) is 18.0. The largest absolute Gasteiger partial charge is 0.496 e. The topological polar surface area (TPSA) is 155 Å². The van der Waals surface area contributed by atoms with Crippen LogP contribution in [0.25, 0.3) is 10.9 Å². The quantitative estimate of drug-likeness (QED) is 0.0849. The number of H-pyrrole nitrogens is 1. The molecule has 5 aliphatic heterocycles. The summed E-state index contributed by atoms with van der Waals surface area (Å²) >= 11 is 0. The lowest BCUT2D eigenvalue weighted by Crippen LogP contribution is -2.81. The maximum atomic E-state index is 15.5. The third-order valence-electron chi connectivity index (χ3n) is 16.7. The van der Waals surface area contributed by atoms with Crippen molar-refractivity contribution in [3.8, 4) is 11.5 Å². The average molecular weight is 928 g/mol. The highest BCUT2D eigenvalue weighted by molar-refractivity contribution is 5.94. The fourth-order valence-electron chi connectivity index (χ4n) is 14.2. The van der Waals surface area contributed by atoms with Crippen molar-refractivity contribution in [1.82, 2.24) is 20.1 Å². The second-order valence-electron chi connectivity index (χ2n) is 19.9. The second-order valence-corrected chi connectivity index (χ2v) is 19.9. The van der Waals surface area contributed by atoms with Gasteiger partial charge in [-0.25, -0.2) is 4.79 Å². The molecule has 1 unspecified atom stereocenters. The number of methoxy groups -OCH3 is 3. The number of fused-ring (bicyclic) bond motifs is 6. The van der Waals surface area contributed by atoms with Gasteiger partial charge in [0.2, 0.25) is 0 Å². The summed E-state index contributed by atoms with van der Waals surface area (Å²) in [5.41, 5.74) is 2.45. The number of esters is 2. The fourth-order valence-corrected chi connectivity index (χ4v) is 14.2. The zero-order valence-corrected chi connectivity index (χ0v) is 40.4. The van der Waals surface area contributed by atoms with Gasteiger partial charge in [0.05, 0.1) is 33.9 Å². The van der Waals surface area contributed by atoms with Crippen LogP contribution in [0.1, 0.15) is 74.4 Å². The number of hydrogen-bond acceptors (Lipinski definition) is 12. The minimum atomic E-state index is -1.88. The molecule has 1 aromatic heterocycles. The predicted octanol–water partition coefficient (Wildman–Crippen LogP) is 6.56. The Hall–Kier alpha value is -5.83. The van der Waals surface area contributed by atoms with Crippen molar-refractivity contribution in [3.05, 3.63) is 112 Å². The van der Waals surface area contributed by atoms with E-state index in [9.17, 15) is 14.7 Å². The number of rotatable bonds is 11. The van der Waals surface area contributed by atoms with Crippen molar-refractivity contribution in [2.24, 2.45) is 11.3 Å². The monoisotopic (exact) mass is 927 g/mol. The van der Waals surface area contributed by atoms with E-state index in [2.05, 4.69) is 81.3 Å². The number of carbonyl (C=O) groups excluding carboxylic acids is 3. The summed E-state index contributed by atoms with van der Waals surface area (Å²) in [6, 6.07) is 18.8. The maximum Gasteiger partial charge on any atom is 0.407 e. The van der Waals surface area contributed by atoms with E-state index in [4.69, 9.17) is 23.7 Å². The number of nitrogens with one attached hydrogen (secondary N) is 2. The molecule has 6 aliphatic rings. The van der Waals surface area contributed by atoms with E-state index in [0.29, 0.717) is 55.0 Å². The summed E-state index contributed by atoms with van der Waals surface area (Å²) in [7, 11) is 6.65. The van der Waals surface area contributed by atoms with Crippen molar-refractivity contribution in [2.75, 3.05) is 72.5 Å². The number of nitrogens with zero attached hydrogens (tertiary/aromatic N) is 3. The number of para-hydroxylation sites is 2. The van der Waals surface area contributed by atoms with Crippen LogP contribution in [0, 0.1) is 11.3 Å². The van der Waals surface area contributed by atoms with Gasteiger partial charge in [-0.05, 0) is 73.9 Å². The molecule has 4 aromatic rings. The van der Waals surface area contributed by atoms with Crippen LogP contribution in [0.3, 0.4) is 0 Å². The highest BCUT2D eigenvalue weighted by Gasteiger charge is 2.78. The molecule has 68 heavy (non-hydrogen) atoms. The number of amides is 1. The number of likely N-dealkylation sites (N-methyl/N-ethyl adjacent to an activating group) is 1. The maximum absolute atomic E-state index is 15.5. The Bertz CT molecular complexity index is 2710. The van der Waals surface area contributed by atoms with Crippen molar-refractivity contribution in [3.63, 3.8) is 0 Å². The van der Waals surface area contributed by atoms with Gasteiger partial charge >= 0.3 is 18.0 Å². The normalized spacial score (nSPS) is 31.2. The van der Waals surface area contributed by atoms with E-state index in [1.807, 2.05) is 37.4 Å². The molecule has 3 aromatic carbocycles. The second kappa shape index (κ2) is 17.3. The Balaban J connectivity index is 1.18. The van der Waals surface area contributed by atoms with Gasteiger partial charge in [0.15, 0.2) is 0 Å². The van der Waals surface area contributed by atoms with Gasteiger partial charge in [0.1, 0.15) is 35.2 Å². The van der Waals surface area contributed by atoms with Gasteiger partial charge in [-0.3, -0.25) is 19.4 Å². The highest BCUT2D eigenvalue weighted by atomic mass is 16.6. The summed E-state index contributed by atoms with van der Waals surface area (Å²) in [6.07, 6.45) is 8.08. The van der Waals surface area contributed by atoms with Crippen LogP contribution in [0.5, 0.6) is 11.5 Å². The van der Waals surface area contributed by atoms with Crippen LogP contribution in [0.4, 0.5) is 10.5 Å². The highest BCUT2D eigenvalue weighted by Crippen LogP contribution is 2.68. The van der Waals surface area contributed by atoms with Crippen molar-refractivity contribution < 1.29 is 43.2 Å². The molecule has 6 heterocycles. The molecular weight excluding hydrogens is 863 g/mol. The number of aliphatic hydroxyl groups is 1. The molecule has 1 saturated carbocycles. The summed E-state index contributed by atoms with van der Waals surface area (Å²) in [4.78, 5) is 53.6. The van der Waals surface area contributed by atoms with Gasteiger partial charge in [-0.2, -0.15) is 0 Å². The molecule has 1 aliphatic carbocycles. The van der Waals surface area contributed by atoms with E-state index in [1.165, 1.54) is 19.6 Å². The molecular formula is C54H65N5O9. The lowest BCUT2D eigenvalue weighted by molar-refractivity contribution is -0.217. The number of ether oxygens (including phenoxy) is 5. The van der Waals surface area contributed by atoms with Gasteiger partial charge in [-0.15, -0.1) is 0 Å². The van der Waals surface area contributed by atoms with E-state index >= 15 is 4.79 Å². The summed E-state index contributed by atoms with van der Waals surface area (Å²) < 4.78 is 30.2. The Morgan fingerprint density at radius 3 is 2.49 bits per heavy atom. The minimum Gasteiger partial charge on any atom is -0.496 e. The first-order chi connectivity index (χ1) is 32.8. The van der Waals surface area contributed by atoms with Gasteiger partial charge < -0.3 is 44.0 Å². The summed E-state index contributed by atoms with van der Waals surface area (Å²) in [6.45, 7) is 9.22. The zero-order valence-electron chi connectivity index (χ0n) is 40.4. The van der Waals surface area contributed by atoms with Gasteiger partial charge in [-0.1, -0.05) is 74.0 Å². The van der Waals surface area contributed by atoms with Crippen molar-refractivity contribution in [2.45, 2.75) is 94.1 Å². The number of anilines is 1. The van der Waals surface area contributed by atoms with E-state index in [-0.39, 0.29) is 31.1 Å². The molecule has 1 saturated heterocycles. The Morgan fingerprint density at radius 1 is 0.956 bits per heavy atom. The van der Waals surface area contributed by atoms with E-state index < -0.39 is 46.1 Å². The lowest BCUT2D eigenvalue weighted by atomic mass is 9.47. The van der Waals surface area contributed by atoms with Crippen LogP contribution >= 0.6 is 0 Å². The van der Waals surface area contributed by atoms with Gasteiger partial charge in [0, 0.05) is 96.5 Å². The van der Waals surface area contributed by atoms with Crippen LogP contribution in [-0.2, 0) is 47.7 Å². The molecule has 1 spiro atoms. The van der Waals surface area contributed by atoms with Crippen molar-refractivity contribution >= 4 is 34.6 Å². The first-order valence-electron chi connectivity index (χ1n) is 24.2. The molecule has 2 bridgehead atoms. The first-order valence-corrected chi connectivity index (χ1v) is 24.2. The minimum absolute atomic E-state index is 0.0120. The molecule has 3 N–H and O–H groups in total. The van der Waals surface area contributed by atoms with Crippen LogP contribution < -0.4 is 19.7 Å². The summed E-state index contributed by atoms with van der Waals surface area (Å²) in [5.74, 6) is 0.205. The number of benzene rings is 3. The smallest absolute Gasteiger partial charge is 0.407 e. The molecule has 1 amide bonds. The lowest BCUT2D eigenvalue weighted by Gasteiger charge is -2.64. The molecule has 10 rings (SSSR count). The Labute approximate surface area is 398 Å². The molecule has 360 valence electrons. The number of aromatic amines is 1. The average Bonchev–Trinajstić information content (AvgIpc) is 4.02. The van der Waals surface area contributed by atoms with E-state index in [0.717, 1.165) is 65.9 Å². The predicted molar refractivity (Wildman–Crippen MR) is 258 cm³/mol. The molecule has 2 fully saturated rings. The molecule has 0 radical (unpaired) electrons.